The summed E-state index contributed by atoms with van der Waals surface area (Å²) in [4.78, 5) is 39.5. The molecule has 0 aliphatic heterocycles. The molecule has 3 aromatic rings. The Morgan fingerprint density at radius 1 is 1.14 bits per heavy atom. The zero-order chi connectivity index (χ0) is 27.1. The number of nitrogens with zero attached hydrogens (tertiary/aromatic N) is 4. The Labute approximate surface area is 224 Å². The van der Waals surface area contributed by atoms with Gasteiger partial charge in [0.1, 0.15) is 17.4 Å². The van der Waals surface area contributed by atoms with Crippen molar-refractivity contribution in [3.8, 4) is 5.75 Å². The van der Waals surface area contributed by atoms with Gasteiger partial charge in [-0.1, -0.05) is 30.8 Å². The molecule has 1 N–H and O–H groups in total. The molecule has 0 atom stereocenters. The van der Waals surface area contributed by atoms with Crippen LogP contribution in [-0.4, -0.2) is 64.4 Å². The zero-order valence-corrected chi connectivity index (χ0v) is 23.4. The number of nitrogens with one attached hydrogen (secondary N) is 1. The van der Waals surface area contributed by atoms with Crippen LogP contribution in [0.5, 0.6) is 5.75 Å². The summed E-state index contributed by atoms with van der Waals surface area (Å²) in [7, 11) is 4.51. The Morgan fingerprint density at radius 3 is 2.43 bits per heavy atom. The van der Waals surface area contributed by atoms with E-state index in [1.165, 1.54) is 29.3 Å². The van der Waals surface area contributed by atoms with Gasteiger partial charge in [-0.05, 0) is 43.5 Å². The molecular formula is C25H31N5O5S2. The van der Waals surface area contributed by atoms with Gasteiger partial charge in [-0.25, -0.2) is 4.79 Å². The lowest BCUT2D eigenvalue weighted by atomic mass is 10.1. The second-order valence-electron chi connectivity index (χ2n) is 8.22. The van der Waals surface area contributed by atoms with E-state index < -0.39 is 5.97 Å². The minimum atomic E-state index is -0.616. The number of anilines is 1. The van der Waals surface area contributed by atoms with Gasteiger partial charge in [-0.15, -0.1) is 21.5 Å². The lowest BCUT2D eigenvalue weighted by Gasteiger charge is -2.09. The Balaban J connectivity index is 1.67. The SMILES string of the molecule is CCc1ccc(OCc2nnc(SCC(=O)Nc3sc(C(=O)N(C)C)c(C)c3C(=O)OC)n2CC)cc1. The summed E-state index contributed by atoms with van der Waals surface area (Å²) in [6, 6.07) is 7.91. The van der Waals surface area contributed by atoms with Gasteiger partial charge >= 0.3 is 5.97 Å². The molecule has 0 saturated heterocycles. The Bertz CT molecular complexity index is 1270. The molecule has 2 heterocycles. The van der Waals surface area contributed by atoms with Crippen LogP contribution < -0.4 is 10.1 Å². The molecular weight excluding hydrogens is 514 g/mol. The predicted molar refractivity (Wildman–Crippen MR) is 144 cm³/mol. The van der Waals surface area contributed by atoms with Crippen molar-refractivity contribution in [3.63, 3.8) is 0 Å². The number of rotatable bonds is 11. The number of methoxy groups -OCH3 is 1. The highest BCUT2D eigenvalue weighted by molar-refractivity contribution is 7.99. The minimum Gasteiger partial charge on any atom is -0.486 e. The number of thioether (sulfide) groups is 1. The van der Waals surface area contributed by atoms with Crippen LogP contribution in [-0.2, 0) is 29.1 Å². The molecule has 2 aromatic heterocycles. The fraction of sp³-hybridized carbons (Fsp3) is 0.400. The number of esters is 1. The fourth-order valence-corrected chi connectivity index (χ4v) is 5.52. The lowest BCUT2D eigenvalue weighted by molar-refractivity contribution is -0.113. The smallest absolute Gasteiger partial charge is 0.341 e. The predicted octanol–water partition coefficient (Wildman–Crippen LogP) is 4.03. The summed E-state index contributed by atoms with van der Waals surface area (Å²) in [6.45, 7) is 6.58. The summed E-state index contributed by atoms with van der Waals surface area (Å²) in [5.74, 6) is 0.213. The van der Waals surface area contributed by atoms with Crippen LogP contribution in [0, 0.1) is 6.92 Å². The van der Waals surface area contributed by atoms with Crippen molar-refractivity contribution < 1.29 is 23.9 Å². The van der Waals surface area contributed by atoms with E-state index in [9.17, 15) is 14.4 Å². The van der Waals surface area contributed by atoms with Crippen molar-refractivity contribution in [1.29, 1.82) is 0 Å². The van der Waals surface area contributed by atoms with E-state index in [2.05, 4.69) is 22.4 Å². The van der Waals surface area contributed by atoms with Crippen LogP contribution in [0.2, 0.25) is 0 Å². The van der Waals surface area contributed by atoms with Crippen molar-refractivity contribution in [2.24, 2.45) is 0 Å². The Hall–Kier alpha value is -3.38. The molecule has 0 unspecified atom stereocenters. The van der Waals surface area contributed by atoms with Crippen LogP contribution in [0.1, 0.15) is 50.8 Å². The number of amides is 2. The van der Waals surface area contributed by atoms with Crippen LogP contribution in [0.4, 0.5) is 5.00 Å². The quantitative estimate of drug-likeness (QED) is 0.284. The number of aromatic nitrogens is 3. The largest absolute Gasteiger partial charge is 0.486 e. The highest BCUT2D eigenvalue weighted by Crippen LogP contribution is 2.34. The van der Waals surface area contributed by atoms with Crippen molar-refractivity contribution in [1.82, 2.24) is 19.7 Å². The molecule has 0 bridgehead atoms. The van der Waals surface area contributed by atoms with E-state index in [1.807, 2.05) is 35.8 Å². The van der Waals surface area contributed by atoms with E-state index >= 15 is 0 Å². The average molecular weight is 546 g/mol. The lowest BCUT2D eigenvalue weighted by Crippen LogP contribution is -2.21. The topological polar surface area (TPSA) is 116 Å². The summed E-state index contributed by atoms with van der Waals surface area (Å²) >= 11 is 2.28. The number of thiophene rings is 1. The number of aryl methyl sites for hydroxylation is 1. The zero-order valence-electron chi connectivity index (χ0n) is 21.8. The third-order valence-electron chi connectivity index (χ3n) is 5.53. The number of carbonyl (C=O) groups excluding carboxylic acids is 3. The first-order chi connectivity index (χ1) is 17.7. The minimum absolute atomic E-state index is 0.0337. The molecule has 1 aromatic carbocycles. The van der Waals surface area contributed by atoms with E-state index in [0.29, 0.717) is 28.0 Å². The second kappa shape index (κ2) is 12.7. The van der Waals surface area contributed by atoms with E-state index in [-0.39, 0.29) is 34.7 Å². The summed E-state index contributed by atoms with van der Waals surface area (Å²) in [5.41, 5.74) is 1.88. The molecule has 0 radical (unpaired) electrons. The van der Waals surface area contributed by atoms with Gasteiger partial charge in [0, 0.05) is 20.6 Å². The van der Waals surface area contributed by atoms with Gasteiger partial charge in [-0.2, -0.15) is 0 Å². The molecule has 0 aliphatic carbocycles. The number of hydrogen-bond acceptors (Lipinski definition) is 9. The molecule has 3 rings (SSSR count). The number of carbonyl (C=O) groups is 3. The molecule has 10 nitrogen and oxygen atoms in total. The third kappa shape index (κ3) is 6.69. The molecule has 0 spiro atoms. The number of ether oxygens (including phenoxy) is 2. The molecule has 0 fully saturated rings. The normalized spacial score (nSPS) is 10.8. The van der Waals surface area contributed by atoms with Gasteiger partial charge in [0.25, 0.3) is 5.91 Å². The maximum Gasteiger partial charge on any atom is 0.341 e. The summed E-state index contributed by atoms with van der Waals surface area (Å²) in [6.07, 6.45) is 0.962. The third-order valence-corrected chi connectivity index (χ3v) is 7.69. The fourth-order valence-electron chi connectivity index (χ4n) is 3.47. The van der Waals surface area contributed by atoms with Gasteiger partial charge in [-0.3, -0.25) is 9.59 Å². The average Bonchev–Trinajstić information content (AvgIpc) is 3.44. The maximum atomic E-state index is 12.8. The highest BCUT2D eigenvalue weighted by Gasteiger charge is 2.27. The first-order valence-electron chi connectivity index (χ1n) is 11.7. The van der Waals surface area contributed by atoms with E-state index in [0.717, 1.165) is 23.5 Å². The van der Waals surface area contributed by atoms with Gasteiger partial charge in [0.15, 0.2) is 11.0 Å². The molecule has 37 heavy (non-hydrogen) atoms. The van der Waals surface area contributed by atoms with Gasteiger partial charge in [0.05, 0.1) is 23.3 Å². The first kappa shape index (κ1) is 28.2. The number of hydrogen-bond donors (Lipinski definition) is 1. The Morgan fingerprint density at radius 2 is 1.84 bits per heavy atom. The van der Waals surface area contributed by atoms with Crippen molar-refractivity contribution >= 4 is 45.9 Å². The molecule has 198 valence electrons. The molecule has 0 saturated carbocycles. The molecule has 2 amide bonds. The van der Waals surface area contributed by atoms with Gasteiger partial charge in [0.2, 0.25) is 5.91 Å². The summed E-state index contributed by atoms with van der Waals surface area (Å²) in [5, 5.41) is 12.1. The van der Waals surface area contributed by atoms with E-state index in [4.69, 9.17) is 9.47 Å². The Kier molecular flexibility index (Phi) is 9.70. The second-order valence-corrected chi connectivity index (χ2v) is 10.2. The highest BCUT2D eigenvalue weighted by atomic mass is 32.2. The molecule has 0 aliphatic rings. The standard InChI is InChI=1S/C25H31N5O5S2/c1-7-16-9-11-17(12-10-16)35-13-18-27-28-25(30(18)8-2)36-14-19(31)26-22-20(24(33)34-6)15(3)21(37-22)23(32)29(4)5/h9-12H,7-8,13-14H2,1-6H3,(H,26,31). The molecule has 12 heteroatoms. The van der Waals surface area contributed by atoms with Crippen molar-refractivity contribution in [2.75, 3.05) is 32.3 Å². The first-order valence-corrected chi connectivity index (χ1v) is 13.5. The van der Waals surface area contributed by atoms with Crippen LogP contribution in [0.25, 0.3) is 0 Å². The monoisotopic (exact) mass is 545 g/mol. The maximum absolute atomic E-state index is 12.8. The summed E-state index contributed by atoms with van der Waals surface area (Å²) < 4.78 is 12.6. The van der Waals surface area contributed by atoms with E-state index in [1.54, 1.807) is 21.0 Å². The van der Waals surface area contributed by atoms with Crippen LogP contribution >= 0.6 is 23.1 Å². The van der Waals surface area contributed by atoms with Crippen LogP contribution in [0.3, 0.4) is 0 Å². The van der Waals surface area contributed by atoms with Crippen molar-refractivity contribution in [2.45, 2.75) is 45.5 Å². The van der Waals surface area contributed by atoms with Gasteiger partial charge < -0.3 is 24.3 Å². The number of benzene rings is 1. The van der Waals surface area contributed by atoms with Crippen molar-refractivity contribution in [3.05, 3.63) is 51.7 Å². The van der Waals surface area contributed by atoms with Crippen LogP contribution in [0.15, 0.2) is 29.4 Å².